The van der Waals surface area contributed by atoms with Crippen molar-refractivity contribution in [2.75, 3.05) is 30.5 Å². The summed E-state index contributed by atoms with van der Waals surface area (Å²) in [6.07, 6.45) is -3.80. The van der Waals surface area contributed by atoms with Gasteiger partial charge >= 0.3 is 6.18 Å². The van der Waals surface area contributed by atoms with Gasteiger partial charge in [-0.25, -0.2) is 4.98 Å². The first-order chi connectivity index (χ1) is 14.2. The molecule has 5 nitrogen and oxygen atoms in total. The van der Waals surface area contributed by atoms with E-state index in [1.807, 2.05) is 6.92 Å². The van der Waals surface area contributed by atoms with Crippen molar-refractivity contribution >= 4 is 34.7 Å². The number of hydrogen-bond acceptors (Lipinski definition) is 5. The number of aromatic nitrogens is 2. The molecule has 0 bridgehead atoms. The molecular formula is C21H20ClF3N4O. The third-order valence-electron chi connectivity index (χ3n) is 4.43. The molecule has 1 heterocycles. The average Bonchev–Trinajstić information content (AvgIpc) is 2.73. The highest BCUT2D eigenvalue weighted by molar-refractivity contribution is 6.30. The monoisotopic (exact) mass is 436 g/mol. The molecule has 0 radical (unpaired) electrons. The van der Waals surface area contributed by atoms with Gasteiger partial charge in [-0.15, -0.1) is 0 Å². The molecule has 0 aliphatic carbocycles. The Morgan fingerprint density at radius 3 is 2.07 bits per heavy atom. The van der Waals surface area contributed by atoms with E-state index < -0.39 is 11.7 Å². The summed E-state index contributed by atoms with van der Waals surface area (Å²) in [4.78, 5) is 11.1. The summed E-state index contributed by atoms with van der Waals surface area (Å²) in [6, 6.07) is 13.6. The molecule has 0 N–H and O–H groups in total. The number of anilines is 4. The van der Waals surface area contributed by atoms with Gasteiger partial charge in [0.05, 0.1) is 6.61 Å². The quantitative estimate of drug-likeness (QED) is 0.468. The Morgan fingerprint density at radius 2 is 1.50 bits per heavy atom. The van der Waals surface area contributed by atoms with Gasteiger partial charge in [0.2, 0.25) is 5.95 Å². The lowest BCUT2D eigenvalue weighted by molar-refractivity contribution is -0.137. The number of alkyl halides is 3. The molecule has 3 rings (SSSR count). The molecule has 9 heteroatoms. The number of rotatable bonds is 6. The van der Waals surface area contributed by atoms with E-state index in [0.29, 0.717) is 28.8 Å². The molecule has 0 saturated heterocycles. The topological polar surface area (TPSA) is 41.5 Å². The van der Waals surface area contributed by atoms with Crippen molar-refractivity contribution in [1.29, 1.82) is 0 Å². The number of benzene rings is 2. The molecule has 0 amide bonds. The molecule has 1 aromatic heterocycles. The van der Waals surface area contributed by atoms with Crippen molar-refractivity contribution in [2.45, 2.75) is 13.1 Å². The van der Waals surface area contributed by atoms with Gasteiger partial charge in [-0.05, 0) is 55.5 Å². The minimum atomic E-state index is -4.60. The SMILES string of the molecule is CCOc1ccc(N(C)c2nc(N(C)c3ccc(Cl)cc3)ncc2C(F)(F)F)cc1. The van der Waals surface area contributed by atoms with Crippen molar-refractivity contribution in [3.8, 4) is 5.75 Å². The minimum absolute atomic E-state index is 0.123. The van der Waals surface area contributed by atoms with Crippen LogP contribution in [-0.2, 0) is 6.18 Å². The molecule has 0 atom stereocenters. The molecule has 3 aromatic rings. The third-order valence-corrected chi connectivity index (χ3v) is 4.68. The van der Waals surface area contributed by atoms with Gasteiger partial charge in [-0.2, -0.15) is 18.2 Å². The summed E-state index contributed by atoms with van der Waals surface area (Å²) in [6.45, 7) is 2.36. The lowest BCUT2D eigenvalue weighted by atomic mass is 10.2. The van der Waals surface area contributed by atoms with E-state index in [1.165, 1.54) is 11.9 Å². The second kappa shape index (κ2) is 8.79. The second-order valence-corrected chi connectivity index (χ2v) is 6.86. The van der Waals surface area contributed by atoms with Crippen LogP contribution in [0.3, 0.4) is 0 Å². The first-order valence-corrected chi connectivity index (χ1v) is 9.48. The predicted octanol–water partition coefficient (Wildman–Crippen LogP) is 6.08. The fraction of sp³-hybridized carbons (Fsp3) is 0.238. The van der Waals surface area contributed by atoms with Crippen molar-refractivity contribution < 1.29 is 17.9 Å². The van der Waals surface area contributed by atoms with Crippen LogP contribution >= 0.6 is 11.6 Å². The van der Waals surface area contributed by atoms with Crippen LogP contribution < -0.4 is 14.5 Å². The Balaban J connectivity index is 2.01. The van der Waals surface area contributed by atoms with E-state index in [1.54, 1.807) is 60.5 Å². The smallest absolute Gasteiger partial charge is 0.421 e. The lowest BCUT2D eigenvalue weighted by Crippen LogP contribution is -2.21. The molecule has 30 heavy (non-hydrogen) atoms. The molecule has 0 aliphatic rings. The van der Waals surface area contributed by atoms with Crippen LogP contribution in [0.15, 0.2) is 54.7 Å². The zero-order valence-electron chi connectivity index (χ0n) is 16.6. The average molecular weight is 437 g/mol. The zero-order chi connectivity index (χ0) is 21.9. The highest BCUT2D eigenvalue weighted by Gasteiger charge is 2.37. The van der Waals surface area contributed by atoms with E-state index in [4.69, 9.17) is 16.3 Å². The van der Waals surface area contributed by atoms with Gasteiger partial charge < -0.3 is 14.5 Å². The summed E-state index contributed by atoms with van der Waals surface area (Å²) in [5, 5.41) is 0.552. The van der Waals surface area contributed by atoms with E-state index in [-0.39, 0.29) is 11.8 Å². The van der Waals surface area contributed by atoms with Gasteiger partial charge in [0.15, 0.2) is 5.82 Å². The first kappa shape index (κ1) is 21.7. The van der Waals surface area contributed by atoms with Crippen LogP contribution in [-0.4, -0.2) is 30.7 Å². The number of ether oxygens (including phenoxy) is 1. The molecule has 0 fully saturated rings. The van der Waals surface area contributed by atoms with Crippen molar-refractivity contribution in [1.82, 2.24) is 9.97 Å². The van der Waals surface area contributed by atoms with Crippen molar-refractivity contribution in [2.24, 2.45) is 0 Å². The number of hydrogen-bond donors (Lipinski definition) is 0. The molecule has 158 valence electrons. The predicted molar refractivity (Wildman–Crippen MR) is 112 cm³/mol. The maximum atomic E-state index is 13.6. The fourth-order valence-electron chi connectivity index (χ4n) is 2.82. The summed E-state index contributed by atoms with van der Waals surface area (Å²) < 4.78 is 46.3. The Bertz CT molecular complexity index is 995. The Hall–Kier alpha value is -3.00. The first-order valence-electron chi connectivity index (χ1n) is 9.11. The zero-order valence-corrected chi connectivity index (χ0v) is 17.4. The van der Waals surface area contributed by atoms with Crippen molar-refractivity contribution in [3.05, 3.63) is 65.3 Å². The van der Waals surface area contributed by atoms with Gasteiger partial charge in [0.25, 0.3) is 0 Å². The minimum Gasteiger partial charge on any atom is -0.494 e. The summed E-state index contributed by atoms with van der Waals surface area (Å²) in [5.41, 5.74) is 0.295. The largest absolute Gasteiger partial charge is 0.494 e. The van der Waals surface area contributed by atoms with Gasteiger partial charge in [0.1, 0.15) is 11.3 Å². The maximum absolute atomic E-state index is 13.6. The van der Waals surface area contributed by atoms with Crippen molar-refractivity contribution in [3.63, 3.8) is 0 Å². The normalized spacial score (nSPS) is 11.3. The molecule has 0 saturated carbocycles. The summed E-state index contributed by atoms with van der Waals surface area (Å²) in [7, 11) is 3.20. The molecule has 0 unspecified atom stereocenters. The maximum Gasteiger partial charge on any atom is 0.421 e. The van der Waals surface area contributed by atoms with Crippen LogP contribution in [0.1, 0.15) is 12.5 Å². The summed E-state index contributed by atoms with van der Waals surface area (Å²) in [5.74, 6) is 0.507. The van der Waals surface area contributed by atoms with E-state index in [9.17, 15) is 13.2 Å². The van der Waals surface area contributed by atoms with Gasteiger partial charge in [-0.1, -0.05) is 11.6 Å². The van der Waals surface area contributed by atoms with Crippen LogP contribution in [0.5, 0.6) is 5.75 Å². The van der Waals surface area contributed by atoms with Gasteiger partial charge in [-0.3, -0.25) is 0 Å². The van der Waals surface area contributed by atoms with Crippen LogP contribution in [0, 0.1) is 0 Å². The molecule has 0 aliphatic heterocycles. The number of halogens is 4. The van der Waals surface area contributed by atoms with E-state index in [0.717, 1.165) is 6.20 Å². The Labute approximate surface area is 177 Å². The molecule has 0 spiro atoms. The second-order valence-electron chi connectivity index (χ2n) is 6.43. The highest BCUT2D eigenvalue weighted by Crippen LogP contribution is 2.38. The fourth-order valence-corrected chi connectivity index (χ4v) is 2.94. The number of nitrogens with zero attached hydrogens (tertiary/aromatic N) is 4. The van der Waals surface area contributed by atoms with Crippen LogP contribution in [0.2, 0.25) is 5.02 Å². The highest BCUT2D eigenvalue weighted by atomic mass is 35.5. The Morgan fingerprint density at radius 1 is 0.933 bits per heavy atom. The Kier molecular flexibility index (Phi) is 6.36. The standard InChI is InChI=1S/C21H20ClF3N4O/c1-4-30-17-11-9-15(10-12-17)28(2)19-18(21(23,24)25)13-26-20(27-19)29(3)16-7-5-14(22)6-8-16/h5-13H,4H2,1-3H3. The van der Waals surface area contributed by atoms with E-state index >= 15 is 0 Å². The van der Waals surface area contributed by atoms with Crippen LogP contribution in [0.25, 0.3) is 0 Å². The van der Waals surface area contributed by atoms with Gasteiger partial charge in [0, 0.05) is 36.7 Å². The lowest BCUT2D eigenvalue weighted by Gasteiger charge is -2.25. The third kappa shape index (κ3) is 4.76. The molecule has 2 aromatic carbocycles. The summed E-state index contributed by atoms with van der Waals surface area (Å²) >= 11 is 5.91. The molecular weight excluding hydrogens is 417 g/mol. The van der Waals surface area contributed by atoms with Crippen LogP contribution in [0.4, 0.5) is 36.3 Å². The van der Waals surface area contributed by atoms with E-state index in [2.05, 4.69) is 9.97 Å².